The Morgan fingerprint density at radius 3 is 2.68 bits per heavy atom. The van der Waals surface area contributed by atoms with Crippen molar-refractivity contribution in [2.45, 2.75) is 50.7 Å². The molecule has 1 N–H and O–H groups in total. The Balaban J connectivity index is 2.12. The molecule has 1 saturated carbocycles. The Bertz CT molecular complexity index is 633. The average molecular weight is 346 g/mol. The third-order valence-corrected chi connectivity index (χ3v) is 6.87. The lowest BCUT2D eigenvalue weighted by Crippen LogP contribution is -2.38. The molecule has 0 saturated heterocycles. The minimum Gasteiger partial charge on any atom is -0.383 e. The number of rotatable bonds is 6. The van der Waals surface area contributed by atoms with Gasteiger partial charge in [0.1, 0.15) is 10.1 Å². The van der Waals surface area contributed by atoms with Crippen molar-refractivity contribution >= 4 is 27.3 Å². The Labute approximate surface area is 135 Å². The molecule has 8 heteroatoms. The monoisotopic (exact) mass is 346 g/mol. The van der Waals surface area contributed by atoms with Gasteiger partial charge in [-0.3, -0.25) is 4.79 Å². The number of carbonyl (C=O) groups is 1. The molecule has 2 rings (SSSR count). The summed E-state index contributed by atoms with van der Waals surface area (Å²) in [6.07, 6.45) is 4.57. The van der Waals surface area contributed by atoms with Crippen molar-refractivity contribution in [2.24, 2.45) is 0 Å². The lowest BCUT2D eigenvalue weighted by molar-refractivity contribution is 0.0983. The maximum Gasteiger partial charge on any atom is 0.276 e. The van der Waals surface area contributed by atoms with Crippen molar-refractivity contribution in [1.82, 2.24) is 9.71 Å². The van der Waals surface area contributed by atoms with Gasteiger partial charge in [-0.2, -0.15) is 0 Å². The minimum atomic E-state index is -3.74. The number of methoxy groups -OCH3 is 1. The van der Waals surface area contributed by atoms with E-state index in [2.05, 4.69) is 9.71 Å². The van der Waals surface area contributed by atoms with Crippen molar-refractivity contribution in [2.75, 3.05) is 13.7 Å². The molecule has 22 heavy (non-hydrogen) atoms. The van der Waals surface area contributed by atoms with Gasteiger partial charge in [0, 0.05) is 13.0 Å². The van der Waals surface area contributed by atoms with Crippen LogP contribution in [0.3, 0.4) is 0 Å². The average Bonchev–Trinajstić information content (AvgIpc) is 3.07. The van der Waals surface area contributed by atoms with Crippen LogP contribution in [0.15, 0.2) is 0 Å². The second-order valence-corrected chi connectivity index (χ2v) is 8.82. The summed E-state index contributed by atoms with van der Waals surface area (Å²) in [5.41, 5.74) is 0.596. The van der Waals surface area contributed by atoms with E-state index < -0.39 is 21.2 Å². The number of nitrogens with one attached hydrogen (secondary N) is 1. The van der Waals surface area contributed by atoms with E-state index in [9.17, 15) is 13.2 Å². The zero-order valence-corrected chi connectivity index (χ0v) is 14.7. The number of nitrogens with zero attached hydrogens (tertiary/aromatic N) is 1. The van der Waals surface area contributed by atoms with Crippen LogP contribution < -0.4 is 4.72 Å². The maximum absolute atomic E-state index is 12.3. The molecule has 0 bridgehead atoms. The second-order valence-electron chi connectivity index (χ2n) is 5.69. The third kappa shape index (κ3) is 3.85. The molecule has 1 aliphatic rings. The number of carbonyl (C=O) groups excluding carboxylic acids is 1. The number of thiazole rings is 1. The molecule has 1 aliphatic carbocycles. The topological polar surface area (TPSA) is 85.4 Å². The first kappa shape index (κ1) is 17.4. The second kappa shape index (κ2) is 7.06. The van der Waals surface area contributed by atoms with E-state index in [-0.39, 0.29) is 6.61 Å². The number of aryl methyl sites for hydroxylation is 1. The smallest absolute Gasteiger partial charge is 0.276 e. The van der Waals surface area contributed by atoms with Crippen LogP contribution >= 0.6 is 11.3 Å². The van der Waals surface area contributed by atoms with E-state index in [4.69, 9.17) is 4.74 Å². The van der Waals surface area contributed by atoms with Crippen LogP contribution in [0.1, 0.15) is 58.9 Å². The number of aromatic nitrogens is 1. The van der Waals surface area contributed by atoms with Gasteiger partial charge in [0.25, 0.3) is 5.91 Å². The molecule has 0 unspecified atom stereocenters. The maximum atomic E-state index is 12.3. The largest absolute Gasteiger partial charge is 0.383 e. The Hall–Kier alpha value is -0.990. The Morgan fingerprint density at radius 1 is 1.45 bits per heavy atom. The molecule has 124 valence electrons. The quantitative estimate of drug-likeness (QED) is 0.853. The first-order chi connectivity index (χ1) is 10.3. The predicted molar refractivity (Wildman–Crippen MR) is 85.8 cm³/mol. The van der Waals surface area contributed by atoms with E-state index in [1.807, 2.05) is 0 Å². The molecule has 1 aromatic heterocycles. The summed E-state index contributed by atoms with van der Waals surface area (Å²) in [5, 5.41) is 0.159. The fourth-order valence-electron chi connectivity index (χ4n) is 2.58. The summed E-state index contributed by atoms with van der Waals surface area (Å²) >= 11 is 1.31. The Kier molecular flexibility index (Phi) is 5.57. The van der Waals surface area contributed by atoms with Gasteiger partial charge in [-0.1, -0.05) is 12.8 Å². The summed E-state index contributed by atoms with van der Waals surface area (Å²) in [6.45, 7) is 3.29. The SMILES string of the molecule is COC[C@H](C)S(=O)(=O)NC(=O)c1sc(C2CCCC2)nc1C. The summed E-state index contributed by atoms with van der Waals surface area (Å²) in [7, 11) is -2.32. The van der Waals surface area contributed by atoms with Gasteiger partial charge in [0.05, 0.1) is 17.3 Å². The zero-order chi connectivity index (χ0) is 16.3. The van der Waals surface area contributed by atoms with Crippen molar-refractivity contribution in [1.29, 1.82) is 0 Å². The van der Waals surface area contributed by atoms with Gasteiger partial charge in [-0.05, 0) is 26.7 Å². The lowest BCUT2D eigenvalue weighted by Gasteiger charge is -2.12. The van der Waals surface area contributed by atoms with Crippen LogP contribution in [-0.2, 0) is 14.8 Å². The van der Waals surface area contributed by atoms with Crippen molar-refractivity contribution in [3.8, 4) is 0 Å². The Morgan fingerprint density at radius 2 is 2.09 bits per heavy atom. The number of ether oxygens (including phenoxy) is 1. The summed E-state index contributed by atoms with van der Waals surface area (Å²) in [5.74, 6) is -0.184. The summed E-state index contributed by atoms with van der Waals surface area (Å²) in [6, 6.07) is 0. The molecule has 0 radical (unpaired) electrons. The number of hydrogen-bond donors (Lipinski definition) is 1. The van der Waals surface area contributed by atoms with E-state index in [0.29, 0.717) is 16.5 Å². The number of sulfonamides is 1. The van der Waals surface area contributed by atoms with E-state index in [0.717, 1.165) is 17.8 Å². The highest BCUT2D eigenvalue weighted by Crippen LogP contribution is 2.37. The molecular weight excluding hydrogens is 324 g/mol. The summed E-state index contributed by atoms with van der Waals surface area (Å²) in [4.78, 5) is 17.1. The summed E-state index contributed by atoms with van der Waals surface area (Å²) < 4.78 is 31.1. The van der Waals surface area contributed by atoms with Gasteiger partial charge < -0.3 is 4.74 Å². The zero-order valence-electron chi connectivity index (χ0n) is 13.1. The first-order valence-corrected chi connectivity index (χ1v) is 9.73. The van der Waals surface area contributed by atoms with Crippen LogP contribution in [0.25, 0.3) is 0 Å². The molecule has 1 atom stereocenters. The molecule has 1 amide bonds. The van der Waals surface area contributed by atoms with Crippen LogP contribution in [0.4, 0.5) is 0 Å². The minimum absolute atomic E-state index is 0.0393. The number of amides is 1. The van der Waals surface area contributed by atoms with Gasteiger partial charge in [0.2, 0.25) is 10.0 Å². The van der Waals surface area contributed by atoms with Crippen LogP contribution in [0, 0.1) is 6.92 Å². The highest BCUT2D eigenvalue weighted by Gasteiger charge is 2.28. The van der Waals surface area contributed by atoms with Crippen molar-refractivity contribution in [3.63, 3.8) is 0 Å². The van der Waals surface area contributed by atoms with Gasteiger partial charge >= 0.3 is 0 Å². The van der Waals surface area contributed by atoms with Crippen LogP contribution in [0.2, 0.25) is 0 Å². The first-order valence-electron chi connectivity index (χ1n) is 7.37. The highest BCUT2D eigenvalue weighted by atomic mass is 32.2. The fourth-order valence-corrected chi connectivity index (χ4v) is 4.65. The van der Waals surface area contributed by atoms with Gasteiger partial charge in [-0.25, -0.2) is 18.1 Å². The molecule has 1 heterocycles. The number of hydrogen-bond acceptors (Lipinski definition) is 6. The molecule has 0 aliphatic heterocycles. The van der Waals surface area contributed by atoms with E-state index in [1.54, 1.807) is 6.92 Å². The van der Waals surface area contributed by atoms with E-state index >= 15 is 0 Å². The lowest BCUT2D eigenvalue weighted by atomic mass is 10.1. The predicted octanol–water partition coefficient (Wildman–Crippen LogP) is 2.20. The molecule has 1 aromatic rings. The molecular formula is C14H22N2O4S2. The van der Waals surface area contributed by atoms with Crippen molar-refractivity contribution in [3.05, 3.63) is 15.6 Å². The van der Waals surface area contributed by atoms with Crippen molar-refractivity contribution < 1.29 is 17.9 Å². The molecule has 6 nitrogen and oxygen atoms in total. The van der Waals surface area contributed by atoms with E-state index in [1.165, 1.54) is 38.2 Å². The molecule has 0 aromatic carbocycles. The standard InChI is InChI=1S/C14H22N2O4S2/c1-9(8-20-3)22(18,19)16-13(17)12-10(2)15-14(21-12)11-6-4-5-7-11/h9,11H,4-8H2,1-3H3,(H,16,17)/t9-/m0/s1. The van der Waals surface area contributed by atoms with Crippen LogP contribution in [0.5, 0.6) is 0 Å². The normalized spacial score (nSPS) is 17.6. The third-order valence-electron chi connectivity index (χ3n) is 3.89. The fraction of sp³-hybridized carbons (Fsp3) is 0.714. The van der Waals surface area contributed by atoms with Gasteiger partial charge in [0.15, 0.2) is 0 Å². The van der Waals surface area contributed by atoms with Crippen LogP contribution in [-0.4, -0.2) is 38.3 Å². The highest BCUT2D eigenvalue weighted by molar-refractivity contribution is 7.90. The molecule has 1 fully saturated rings. The van der Waals surface area contributed by atoms with Gasteiger partial charge in [-0.15, -0.1) is 11.3 Å². The molecule has 0 spiro atoms.